The van der Waals surface area contributed by atoms with Gasteiger partial charge in [-0.25, -0.2) is 14.6 Å². The number of carbonyl (C=O) groups excluding carboxylic acids is 1. The van der Waals surface area contributed by atoms with Gasteiger partial charge in [0, 0.05) is 5.69 Å². The zero-order valence-corrected chi connectivity index (χ0v) is 15.2. The zero-order chi connectivity index (χ0) is 19.3. The molecule has 0 atom stereocenters. The number of benzene rings is 1. The number of nitrogens with zero attached hydrogens (tertiary/aromatic N) is 2. The standard InChI is InChI=1S/C18H22N4O4/c1-11-5-6-12(16(23)24)7-14(11)20-8-13-9-21-15(10-19-13)22-17(25)26-18(2,3)4/h5-7,9-10,20H,8H2,1-4H3,(H,23,24)(H,21,22,25). The first-order valence-electron chi connectivity index (χ1n) is 8.03. The van der Waals surface area contributed by atoms with Crippen molar-refractivity contribution in [2.24, 2.45) is 0 Å². The number of ether oxygens (including phenoxy) is 1. The van der Waals surface area contributed by atoms with Crippen molar-refractivity contribution in [3.63, 3.8) is 0 Å². The number of aromatic nitrogens is 2. The molecule has 2 rings (SSSR count). The van der Waals surface area contributed by atoms with E-state index in [2.05, 4.69) is 20.6 Å². The molecular formula is C18H22N4O4. The minimum Gasteiger partial charge on any atom is -0.478 e. The van der Waals surface area contributed by atoms with E-state index >= 15 is 0 Å². The van der Waals surface area contributed by atoms with Crippen molar-refractivity contribution in [1.82, 2.24) is 9.97 Å². The molecule has 138 valence electrons. The SMILES string of the molecule is Cc1ccc(C(=O)O)cc1NCc1cnc(NC(=O)OC(C)(C)C)cn1. The number of amides is 1. The molecule has 2 aromatic rings. The van der Waals surface area contributed by atoms with Gasteiger partial charge in [0.2, 0.25) is 0 Å². The van der Waals surface area contributed by atoms with Crippen LogP contribution in [0.15, 0.2) is 30.6 Å². The minimum atomic E-state index is -0.981. The second-order valence-electron chi connectivity index (χ2n) is 6.71. The zero-order valence-electron chi connectivity index (χ0n) is 15.2. The molecule has 1 aromatic carbocycles. The minimum absolute atomic E-state index is 0.209. The maximum atomic E-state index is 11.7. The van der Waals surface area contributed by atoms with Crippen LogP contribution in [0.4, 0.5) is 16.3 Å². The molecule has 0 unspecified atom stereocenters. The number of aromatic carboxylic acids is 1. The summed E-state index contributed by atoms with van der Waals surface area (Å²) in [5, 5.41) is 14.7. The number of aryl methyl sites for hydroxylation is 1. The molecule has 0 fully saturated rings. The molecule has 1 amide bonds. The summed E-state index contributed by atoms with van der Waals surface area (Å²) < 4.78 is 5.14. The van der Waals surface area contributed by atoms with E-state index in [0.717, 1.165) is 5.56 Å². The predicted octanol–water partition coefficient (Wildman–Crippen LogP) is 3.44. The molecule has 0 aliphatic heterocycles. The number of carbonyl (C=O) groups is 2. The van der Waals surface area contributed by atoms with Gasteiger partial charge in [-0.2, -0.15) is 0 Å². The molecule has 26 heavy (non-hydrogen) atoms. The summed E-state index contributed by atoms with van der Waals surface area (Å²) in [5.41, 5.74) is 1.89. The van der Waals surface area contributed by atoms with Crippen LogP contribution in [-0.2, 0) is 11.3 Å². The monoisotopic (exact) mass is 358 g/mol. The van der Waals surface area contributed by atoms with Gasteiger partial charge in [-0.15, -0.1) is 0 Å². The summed E-state index contributed by atoms with van der Waals surface area (Å²) in [5.74, 6) is -0.697. The van der Waals surface area contributed by atoms with E-state index in [1.54, 1.807) is 39.0 Å². The fourth-order valence-corrected chi connectivity index (χ4v) is 2.05. The van der Waals surface area contributed by atoms with E-state index in [0.29, 0.717) is 17.9 Å². The molecule has 0 saturated heterocycles. The van der Waals surface area contributed by atoms with Crippen molar-refractivity contribution < 1.29 is 19.4 Å². The molecule has 1 aromatic heterocycles. The molecule has 0 spiro atoms. The van der Waals surface area contributed by atoms with Crippen molar-refractivity contribution in [2.45, 2.75) is 39.8 Å². The molecule has 3 N–H and O–H groups in total. The van der Waals surface area contributed by atoms with Crippen molar-refractivity contribution in [1.29, 1.82) is 0 Å². The maximum Gasteiger partial charge on any atom is 0.413 e. The fourth-order valence-electron chi connectivity index (χ4n) is 2.05. The van der Waals surface area contributed by atoms with Crippen LogP contribution in [0, 0.1) is 6.92 Å². The van der Waals surface area contributed by atoms with Crippen molar-refractivity contribution in [2.75, 3.05) is 10.6 Å². The lowest BCUT2D eigenvalue weighted by Gasteiger charge is -2.19. The van der Waals surface area contributed by atoms with Gasteiger partial charge in [-0.05, 0) is 45.4 Å². The Morgan fingerprint density at radius 3 is 2.50 bits per heavy atom. The van der Waals surface area contributed by atoms with E-state index in [1.165, 1.54) is 12.4 Å². The number of carboxylic acids is 1. The van der Waals surface area contributed by atoms with Gasteiger partial charge in [0.1, 0.15) is 5.60 Å². The summed E-state index contributed by atoms with van der Waals surface area (Å²) in [4.78, 5) is 31.1. The van der Waals surface area contributed by atoms with Gasteiger partial charge < -0.3 is 15.2 Å². The largest absolute Gasteiger partial charge is 0.478 e. The molecule has 8 nitrogen and oxygen atoms in total. The van der Waals surface area contributed by atoms with E-state index in [-0.39, 0.29) is 11.4 Å². The highest BCUT2D eigenvalue weighted by molar-refractivity contribution is 5.89. The smallest absolute Gasteiger partial charge is 0.413 e. The Bertz CT molecular complexity index is 798. The predicted molar refractivity (Wildman–Crippen MR) is 97.4 cm³/mol. The number of carboxylic acid groups (broad SMARTS) is 1. The lowest BCUT2D eigenvalue weighted by molar-refractivity contribution is 0.0633. The van der Waals surface area contributed by atoms with Crippen LogP contribution >= 0.6 is 0 Å². The summed E-state index contributed by atoms with van der Waals surface area (Å²) in [6.45, 7) is 7.56. The van der Waals surface area contributed by atoms with Crippen LogP contribution in [0.1, 0.15) is 42.4 Å². The van der Waals surface area contributed by atoms with Gasteiger partial charge in [0.25, 0.3) is 0 Å². The Morgan fingerprint density at radius 2 is 1.92 bits per heavy atom. The lowest BCUT2D eigenvalue weighted by Crippen LogP contribution is -2.27. The van der Waals surface area contributed by atoms with E-state index < -0.39 is 17.7 Å². The Balaban J connectivity index is 1.97. The van der Waals surface area contributed by atoms with E-state index in [1.807, 2.05) is 6.92 Å². The van der Waals surface area contributed by atoms with Crippen LogP contribution in [0.3, 0.4) is 0 Å². The topological polar surface area (TPSA) is 113 Å². The molecule has 0 saturated carbocycles. The lowest BCUT2D eigenvalue weighted by atomic mass is 10.1. The first-order chi connectivity index (χ1) is 12.1. The normalized spacial score (nSPS) is 10.9. The number of nitrogens with one attached hydrogen (secondary N) is 2. The van der Waals surface area contributed by atoms with Crippen molar-refractivity contribution in [3.05, 3.63) is 47.4 Å². The highest BCUT2D eigenvalue weighted by Crippen LogP contribution is 2.18. The average molecular weight is 358 g/mol. The second kappa shape index (κ2) is 7.81. The van der Waals surface area contributed by atoms with Crippen LogP contribution in [0.5, 0.6) is 0 Å². The number of hydrogen-bond donors (Lipinski definition) is 3. The van der Waals surface area contributed by atoms with Crippen molar-refractivity contribution >= 4 is 23.6 Å². The number of hydrogen-bond acceptors (Lipinski definition) is 6. The molecule has 0 aliphatic carbocycles. The second-order valence-corrected chi connectivity index (χ2v) is 6.71. The summed E-state index contributed by atoms with van der Waals surface area (Å²) >= 11 is 0. The van der Waals surface area contributed by atoms with Gasteiger partial charge >= 0.3 is 12.1 Å². The summed E-state index contributed by atoms with van der Waals surface area (Å²) in [6.07, 6.45) is 2.36. The van der Waals surface area contributed by atoms with Crippen LogP contribution in [0.2, 0.25) is 0 Å². The number of rotatable bonds is 5. The summed E-state index contributed by atoms with van der Waals surface area (Å²) in [7, 11) is 0. The van der Waals surface area contributed by atoms with Crippen molar-refractivity contribution in [3.8, 4) is 0 Å². The molecule has 0 aliphatic rings. The highest BCUT2D eigenvalue weighted by atomic mass is 16.6. The molecular weight excluding hydrogens is 336 g/mol. The van der Waals surface area contributed by atoms with Gasteiger partial charge in [0.15, 0.2) is 5.82 Å². The fraction of sp³-hybridized carbons (Fsp3) is 0.333. The van der Waals surface area contributed by atoms with Crippen LogP contribution in [0.25, 0.3) is 0 Å². The highest BCUT2D eigenvalue weighted by Gasteiger charge is 2.16. The Labute approximate surface area is 151 Å². The third-order valence-corrected chi connectivity index (χ3v) is 3.28. The quantitative estimate of drug-likeness (QED) is 0.750. The first-order valence-corrected chi connectivity index (χ1v) is 8.03. The molecule has 0 bridgehead atoms. The Kier molecular flexibility index (Phi) is 5.76. The van der Waals surface area contributed by atoms with Gasteiger partial charge in [-0.3, -0.25) is 10.3 Å². The maximum absolute atomic E-state index is 11.7. The molecule has 1 heterocycles. The number of anilines is 2. The van der Waals surface area contributed by atoms with Gasteiger partial charge in [-0.1, -0.05) is 6.07 Å². The average Bonchev–Trinajstić information content (AvgIpc) is 2.53. The third kappa shape index (κ3) is 5.73. The van der Waals surface area contributed by atoms with E-state index in [9.17, 15) is 9.59 Å². The van der Waals surface area contributed by atoms with E-state index in [4.69, 9.17) is 9.84 Å². The molecule has 8 heteroatoms. The van der Waals surface area contributed by atoms with Gasteiger partial charge in [0.05, 0.1) is 30.2 Å². The Hall–Kier alpha value is -3.16. The third-order valence-electron chi connectivity index (χ3n) is 3.28. The van der Waals surface area contributed by atoms with Crippen LogP contribution in [-0.4, -0.2) is 32.7 Å². The first kappa shape index (κ1) is 19.2. The summed E-state index contributed by atoms with van der Waals surface area (Å²) in [6, 6.07) is 4.87. The Morgan fingerprint density at radius 1 is 1.19 bits per heavy atom. The van der Waals surface area contributed by atoms with Crippen LogP contribution < -0.4 is 10.6 Å². The molecule has 0 radical (unpaired) electrons.